The van der Waals surface area contributed by atoms with E-state index in [-0.39, 0.29) is 12.2 Å². The number of amides is 3. The van der Waals surface area contributed by atoms with E-state index in [1.807, 2.05) is 31.2 Å². The number of primary amides is 1. The highest BCUT2D eigenvalue weighted by atomic mass is 16.3. The minimum Gasteiger partial charge on any atom is -0.391 e. The Bertz CT molecular complexity index is 1010. The number of aryl methyl sites for hydroxylation is 1. The molecule has 2 aliphatic heterocycles. The monoisotopic (exact) mass is 517 g/mol. The number of rotatable bonds is 10. The molecule has 2 heterocycles. The van der Waals surface area contributed by atoms with E-state index in [0.29, 0.717) is 32.2 Å². The summed E-state index contributed by atoms with van der Waals surface area (Å²) in [6, 6.07) is 3.82. The Morgan fingerprint density at radius 3 is 2.35 bits per heavy atom. The van der Waals surface area contributed by atoms with E-state index < -0.39 is 59.6 Å². The molecule has 0 saturated carbocycles. The summed E-state index contributed by atoms with van der Waals surface area (Å²) in [5, 5.41) is 25.5. The van der Waals surface area contributed by atoms with E-state index in [9.17, 15) is 29.4 Å². The Hall–Kier alpha value is -2.86. The molecule has 0 bridgehead atoms. The van der Waals surface area contributed by atoms with Crippen molar-refractivity contribution in [3.05, 3.63) is 35.4 Å². The fourth-order valence-electron chi connectivity index (χ4n) is 5.20. The van der Waals surface area contributed by atoms with Gasteiger partial charge in [0.05, 0.1) is 24.3 Å². The number of Topliss-reactive ketones (excluding diaryl/α,β-unsaturated/α-hetero) is 1. The van der Waals surface area contributed by atoms with Crippen molar-refractivity contribution in [2.75, 3.05) is 6.54 Å². The summed E-state index contributed by atoms with van der Waals surface area (Å²) in [5.74, 6) is -2.10. The Balaban J connectivity index is 1.84. The Morgan fingerprint density at radius 2 is 1.78 bits per heavy atom. The molecule has 11 heteroatoms. The molecule has 3 rings (SSSR count). The third-order valence-corrected chi connectivity index (χ3v) is 7.46. The number of hydrogen-bond acceptors (Lipinski definition) is 8. The number of benzene rings is 1. The quantitative estimate of drug-likeness (QED) is 0.220. The van der Waals surface area contributed by atoms with Gasteiger partial charge in [0.2, 0.25) is 17.7 Å². The largest absolute Gasteiger partial charge is 0.391 e. The number of carbonyl (C=O) groups excluding carboxylic acids is 4. The van der Waals surface area contributed by atoms with Crippen molar-refractivity contribution in [2.24, 2.45) is 11.5 Å². The van der Waals surface area contributed by atoms with Gasteiger partial charge in [0, 0.05) is 6.54 Å². The SMILES string of the molecule is Cc1ccc(CC2(C(=O)NC(C(N)=O)[C@@H](C)O)CCC(C(=O)C3CCCN3C(=O)C(N)C(C)O)N2)cc1. The van der Waals surface area contributed by atoms with E-state index in [2.05, 4.69) is 10.6 Å². The van der Waals surface area contributed by atoms with Gasteiger partial charge < -0.3 is 31.9 Å². The number of aliphatic hydroxyl groups is 2. The summed E-state index contributed by atoms with van der Waals surface area (Å²) in [5.41, 5.74) is 11.9. The molecular formula is C26H39N5O6. The van der Waals surface area contributed by atoms with Crippen LogP contribution in [0.1, 0.15) is 50.7 Å². The fourth-order valence-corrected chi connectivity index (χ4v) is 5.20. The summed E-state index contributed by atoms with van der Waals surface area (Å²) in [4.78, 5) is 53.3. The molecule has 8 N–H and O–H groups in total. The molecule has 2 aliphatic rings. The minimum absolute atomic E-state index is 0.218. The number of ketones is 1. The number of likely N-dealkylation sites (tertiary alicyclic amines) is 1. The van der Waals surface area contributed by atoms with Gasteiger partial charge in [-0.05, 0) is 58.4 Å². The minimum atomic E-state index is -1.29. The van der Waals surface area contributed by atoms with Crippen LogP contribution >= 0.6 is 0 Å². The zero-order valence-electron chi connectivity index (χ0n) is 21.6. The molecule has 11 nitrogen and oxygen atoms in total. The fraction of sp³-hybridized carbons (Fsp3) is 0.615. The molecule has 1 aromatic rings. The van der Waals surface area contributed by atoms with E-state index in [0.717, 1.165) is 11.1 Å². The molecule has 1 aromatic carbocycles. The highest BCUT2D eigenvalue weighted by molar-refractivity contribution is 5.97. The van der Waals surface area contributed by atoms with Gasteiger partial charge in [0.25, 0.3) is 0 Å². The summed E-state index contributed by atoms with van der Waals surface area (Å²) in [6.07, 6.45) is -0.270. The van der Waals surface area contributed by atoms with Crippen LogP contribution in [0.15, 0.2) is 24.3 Å². The lowest BCUT2D eigenvalue weighted by Gasteiger charge is -2.33. The number of aliphatic hydroxyl groups excluding tert-OH is 2. The van der Waals surface area contributed by atoms with Gasteiger partial charge >= 0.3 is 0 Å². The maximum atomic E-state index is 13.6. The van der Waals surface area contributed by atoms with E-state index >= 15 is 0 Å². The summed E-state index contributed by atoms with van der Waals surface area (Å²) < 4.78 is 0. The van der Waals surface area contributed by atoms with Gasteiger partial charge in [0.1, 0.15) is 17.6 Å². The molecule has 3 amide bonds. The molecule has 2 fully saturated rings. The third kappa shape index (κ3) is 6.35. The first kappa shape index (κ1) is 28.7. The number of nitrogens with two attached hydrogens (primary N) is 2. The second-order valence-corrected chi connectivity index (χ2v) is 10.4. The number of hydrogen-bond donors (Lipinski definition) is 6. The van der Waals surface area contributed by atoms with Crippen LogP contribution in [0.4, 0.5) is 0 Å². The van der Waals surface area contributed by atoms with Crippen molar-refractivity contribution in [1.29, 1.82) is 0 Å². The van der Waals surface area contributed by atoms with Gasteiger partial charge in [-0.2, -0.15) is 0 Å². The summed E-state index contributed by atoms with van der Waals surface area (Å²) >= 11 is 0. The predicted molar refractivity (Wildman–Crippen MR) is 136 cm³/mol. The van der Waals surface area contributed by atoms with Crippen molar-refractivity contribution in [2.45, 2.75) is 94.8 Å². The molecule has 0 radical (unpaired) electrons. The zero-order chi connectivity index (χ0) is 27.5. The van der Waals surface area contributed by atoms with Gasteiger partial charge in [0.15, 0.2) is 5.78 Å². The van der Waals surface area contributed by atoms with Crippen molar-refractivity contribution in [1.82, 2.24) is 15.5 Å². The lowest BCUT2D eigenvalue weighted by molar-refractivity contribution is -0.141. The predicted octanol–water partition coefficient (Wildman–Crippen LogP) is -1.35. The highest BCUT2D eigenvalue weighted by Crippen LogP contribution is 2.31. The normalized spacial score (nSPS) is 26.8. The molecular weight excluding hydrogens is 478 g/mol. The first-order chi connectivity index (χ1) is 17.4. The standard InChI is InChI=1S/C26H39N5O6/c1-14-6-8-17(9-7-14)13-26(25(37)29-21(16(3)33)23(28)35)11-10-18(30-26)22(34)19-5-4-12-31(19)24(36)20(27)15(2)32/h6-9,15-16,18-21,30,32-33H,4-5,10-13,27H2,1-3H3,(H2,28,35)(H,29,37)/t15?,16-,18?,19?,20?,21?,26?/m1/s1. The summed E-state index contributed by atoms with van der Waals surface area (Å²) in [7, 11) is 0. The Kier molecular flexibility index (Phi) is 9.06. The molecule has 6 unspecified atom stereocenters. The van der Waals surface area contributed by atoms with Gasteiger partial charge in [-0.1, -0.05) is 29.8 Å². The molecule has 204 valence electrons. The van der Waals surface area contributed by atoms with Crippen molar-refractivity contribution >= 4 is 23.5 Å². The van der Waals surface area contributed by atoms with Crippen molar-refractivity contribution in [3.63, 3.8) is 0 Å². The molecule has 37 heavy (non-hydrogen) atoms. The molecule has 0 aromatic heterocycles. The smallest absolute Gasteiger partial charge is 0.242 e. The van der Waals surface area contributed by atoms with Gasteiger partial charge in [-0.15, -0.1) is 0 Å². The lowest BCUT2D eigenvalue weighted by Crippen LogP contribution is -2.63. The van der Waals surface area contributed by atoms with Crippen LogP contribution in [0.2, 0.25) is 0 Å². The number of nitrogens with zero attached hydrogens (tertiary/aromatic N) is 1. The topological polar surface area (TPSA) is 188 Å². The van der Waals surface area contributed by atoms with E-state index in [4.69, 9.17) is 11.5 Å². The second kappa shape index (κ2) is 11.7. The first-order valence-electron chi connectivity index (χ1n) is 12.8. The van der Waals surface area contributed by atoms with Crippen LogP contribution in [0, 0.1) is 6.92 Å². The molecule has 7 atom stereocenters. The van der Waals surface area contributed by atoms with Crippen molar-refractivity contribution < 1.29 is 29.4 Å². The van der Waals surface area contributed by atoms with Crippen LogP contribution in [0.3, 0.4) is 0 Å². The van der Waals surface area contributed by atoms with Crippen LogP contribution in [0.5, 0.6) is 0 Å². The maximum absolute atomic E-state index is 13.6. The van der Waals surface area contributed by atoms with Gasteiger partial charge in [-0.3, -0.25) is 24.5 Å². The Labute approximate surface area is 216 Å². The average Bonchev–Trinajstić information content (AvgIpc) is 3.50. The average molecular weight is 518 g/mol. The van der Waals surface area contributed by atoms with Crippen LogP contribution < -0.4 is 22.1 Å². The maximum Gasteiger partial charge on any atom is 0.242 e. The summed E-state index contributed by atoms with van der Waals surface area (Å²) in [6.45, 7) is 5.11. The van der Waals surface area contributed by atoms with Crippen LogP contribution in [-0.2, 0) is 25.6 Å². The lowest BCUT2D eigenvalue weighted by atomic mass is 9.87. The highest BCUT2D eigenvalue weighted by Gasteiger charge is 2.50. The van der Waals surface area contributed by atoms with E-state index in [1.165, 1.54) is 18.7 Å². The van der Waals surface area contributed by atoms with E-state index in [1.54, 1.807) is 0 Å². The third-order valence-electron chi connectivity index (χ3n) is 7.46. The first-order valence-corrected chi connectivity index (χ1v) is 12.8. The van der Waals surface area contributed by atoms with Gasteiger partial charge in [-0.25, -0.2) is 0 Å². The molecule has 0 spiro atoms. The van der Waals surface area contributed by atoms with Crippen LogP contribution in [0.25, 0.3) is 0 Å². The second-order valence-electron chi connectivity index (χ2n) is 10.4. The molecule has 2 saturated heterocycles. The zero-order valence-corrected chi connectivity index (χ0v) is 21.6. The molecule has 0 aliphatic carbocycles. The Morgan fingerprint density at radius 1 is 1.14 bits per heavy atom. The van der Waals surface area contributed by atoms with Crippen molar-refractivity contribution in [3.8, 4) is 0 Å². The number of nitrogens with one attached hydrogen (secondary N) is 2. The number of carbonyl (C=O) groups is 4. The van der Waals surface area contributed by atoms with Crippen LogP contribution in [-0.4, -0.2) is 87.1 Å².